The van der Waals surface area contributed by atoms with Crippen molar-refractivity contribution in [1.29, 1.82) is 0 Å². The Balaban J connectivity index is 1.92. The van der Waals surface area contributed by atoms with Gasteiger partial charge in [0.15, 0.2) is 0 Å². The van der Waals surface area contributed by atoms with Crippen LogP contribution in [0, 0.1) is 11.8 Å². The molecular formula is C18H25BClNO4. The fourth-order valence-corrected chi connectivity index (χ4v) is 4.48. The molecule has 0 saturated heterocycles. The van der Waals surface area contributed by atoms with Gasteiger partial charge in [-0.25, -0.2) is 0 Å². The minimum absolute atomic E-state index is 0.0952. The van der Waals surface area contributed by atoms with E-state index in [9.17, 15) is 9.90 Å². The van der Waals surface area contributed by atoms with Gasteiger partial charge in [-0.2, -0.15) is 0 Å². The van der Waals surface area contributed by atoms with E-state index in [0.717, 1.165) is 29.5 Å². The Hall–Kier alpha value is -1.08. The highest BCUT2D eigenvalue weighted by molar-refractivity contribution is 6.40. The van der Waals surface area contributed by atoms with Crippen molar-refractivity contribution in [3.63, 3.8) is 0 Å². The zero-order chi connectivity index (χ0) is 18.4. The summed E-state index contributed by atoms with van der Waals surface area (Å²) in [6, 6.07) is 3.66. The number of benzene rings is 1. The summed E-state index contributed by atoms with van der Waals surface area (Å²) in [6.07, 6.45) is 4.27. The zero-order valence-corrected chi connectivity index (χ0v) is 15.2. The summed E-state index contributed by atoms with van der Waals surface area (Å²) in [5.41, 5.74) is 7.95. The molecule has 0 radical (unpaired) electrons. The molecule has 5 nitrogen and oxygen atoms in total. The van der Waals surface area contributed by atoms with Crippen molar-refractivity contribution in [2.75, 3.05) is 0 Å². The molecule has 3 atom stereocenters. The summed E-state index contributed by atoms with van der Waals surface area (Å²) in [4.78, 5) is 12.1. The van der Waals surface area contributed by atoms with Gasteiger partial charge in [-0.3, -0.25) is 4.79 Å². The SMILES string of the molecule is C[C@@]1(C(=O)O)c2cc([C@@H](N)C3CC3)c(Cl)cc2C[C@@H]1CCCB(O)O. The Morgan fingerprint density at radius 3 is 2.68 bits per heavy atom. The van der Waals surface area contributed by atoms with Gasteiger partial charge in [0.2, 0.25) is 0 Å². The molecule has 0 amide bonds. The lowest BCUT2D eigenvalue weighted by atomic mass is 9.72. The molecule has 0 spiro atoms. The van der Waals surface area contributed by atoms with Gasteiger partial charge >= 0.3 is 13.1 Å². The van der Waals surface area contributed by atoms with E-state index in [1.54, 1.807) is 6.92 Å². The zero-order valence-electron chi connectivity index (χ0n) is 14.4. The number of halogens is 1. The molecule has 0 aromatic heterocycles. The van der Waals surface area contributed by atoms with Gasteiger partial charge in [0.25, 0.3) is 0 Å². The summed E-state index contributed by atoms with van der Waals surface area (Å²) in [5, 5.41) is 28.7. The third-order valence-corrected chi connectivity index (χ3v) is 6.34. The molecule has 136 valence electrons. The van der Waals surface area contributed by atoms with Gasteiger partial charge in [0, 0.05) is 11.1 Å². The van der Waals surface area contributed by atoms with E-state index in [2.05, 4.69) is 0 Å². The quantitative estimate of drug-likeness (QED) is 0.556. The molecule has 0 unspecified atom stereocenters. The number of carbonyl (C=O) groups is 1. The number of hydrogen-bond acceptors (Lipinski definition) is 4. The van der Waals surface area contributed by atoms with E-state index in [1.807, 2.05) is 12.1 Å². The van der Waals surface area contributed by atoms with Crippen LogP contribution in [0.25, 0.3) is 0 Å². The van der Waals surface area contributed by atoms with E-state index in [1.165, 1.54) is 0 Å². The predicted molar refractivity (Wildman–Crippen MR) is 97.5 cm³/mol. The maximum absolute atomic E-state index is 12.1. The van der Waals surface area contributed by atoms with E-state index in [0.29, 0.717) is 30.2 Å². The fraction of sp³-hybridized carbons (Fsp3) is 0.611. The lowest BCUT2D eigenvalue weighted by molar-refractivity contribution is -0.145. The Bertz CT molecular complexity index is 679. The van der Waals surface area contributed by atoms with E-state index in [4.69, 9.17) is 27.4 Å². The number of carboxylic acids is 1. The van der Waals surface area contributed by atoms with Gasteiger partial charge in [0.05, 0.1) is 5.41 Å². The number of rotatable bonds is 7. The highest BCUT2D eigenvalue weighted by atomic mass is 35.5. The second-order valence-corrected chi connectivity index (χ2v) is 8.12. The van der Waals surface area contributed by atoms with Crippen LogP contribution in [0.4, 0.5) is 0 Å². The number of carboxylic acid groups (broad SMARTS) is 1. The summed E-state index contributed by atoms with van der Waals surface area (Å²) in [5.74, 6) is -0.508. The molecule has 1 fully saturated rings. The standard InChI is InChI=1S/C18H25BClNO4/c1-18(17(22)23)12(3-2-6-19(24)25)7-11-8-15(20)13(9-14(11)18)16(21)10-4-5-10/h8-10,12,16,24-25H,2-7,21H2,1H3,(H,22,23)/t12-,16-,18-/m0/s1. The summed E-state index contributed by atoms with van der Waals surface area (Å²) >= 11 is 6.45. The van der Waals surface area contributed by atoms with Crippen LogP contribution in [0.2, 0.25) is 11.3 Å². The Morgan fingerprint density at radius 1 is 1.44 bits per heavy atom. The van der Waals surface area contributed by atoms with Crippen molar-refractivity contribution in [3.8, 4) is 0 Å². The van der Waals surface area contributed by atoms with Gasteiger partial charge in [-0.05, 0) is 73.5 Å². The first kappa shape index (κ1) is 18.7. The molecule has 0 bridgehead atoms. The molecule has 0 heterocycles. The van der Waals surface area contributed by atoms with E-state index < -0.39 is 18.5 Å². The maximum Gasteiger partial charge on any atom is 0.451 e. The fourth-order valence-electron chi connectivity index (χ4n) is 4.17. The highest BCUT2D eigenvalue weighted by Crippen LogP contribution is 2.49. The largest absolute Gasteiger partial charge is 0.481 e. The molecule has 5 N–H and O–H groups in total. The van der Waals surface area contributed by atoms with Crippen molar-refractivity contribution in [2.24, 2.45) is 17.6 Å². The Labute approximate surface area is 153 Å². The molecule has 0 aliphatic heterocycles. The van der Waals surface area contributed by atoms with Crippen LogP contribution < -0.4 is 5.73 Å². The molecule has 1 saturated carbocycles. The van der Waals surface area contributed by atoms with Crippen molar-refractivity contribution in [3.05, 3.63) is 33.8 Å². The molecule has 1 aromatic carbocycles. The summed E-state index contributed by atoms with van der Waals surface area (Å²) < 4.78 is 0. The molecule has 1 aromatic rings. The second-order valence-electron chi connectivity index (χ2n) is 7.71. The molecular weight excluding hydrogens is 340 g/mol. The normalized spacial score (nSPS) is 26.4. The number of fused-ring (bicyclic) bond motifs is 1. The molecule has 3 rings (SSSR count). The van der Waals surface area contributed by atoms with Crippen molar-refractivity contribution in [1.82, 2.24) is 0 Å². The van der Waals surface area contributed by atoms with E-state index in [-0.39, 0.29) is 18.3 Å². The molecule has 2 aliphatic carbocycles. The van der Waals surface area contributed by atoms with Crippen LogP contribution in [0.15, 0.2) is 12.1 Å². The van der Waals surface area contributed by atoms with Crippen LogP contribution in [0.3, 0.4) is 0 Å². The van der Waals surface area contributed by atoms with Gasteiger partial charge < -0.3 is 20.9 Å². The van der Waals surface area contributed by atoms with Crippen LogP contribution in [-0.4, -0.2) is 28.2 Å². The Morgan fingerprint density at radius 2 is 2.12 bits per heavy atom. The van der Waals surface area contributed by atoms with Crippen molar-refractivity contribution in [2.45, 2.75) is 56.8 Å². The lowest BCUT2D eigenvalue weighted by Crippen LogP contribution is -2.37. The summed E-state index contributed by atoms with van der Waals surface area (Å²) in [7, 11) is -1.35. The first-order valence-corrected chi connectivity index (χ1v) is 9.30. The average molecular weight is 366 g/mol. The first-order chi connectivity index (χ1) is 11.7. The third kappa shape index (κ3) is 3.45. The van der Waals surface area contributed by atoms with Crippen LogP contribution in [0.1, 0.15) is 55.3 Å². The topological polar surface area (TPSA) is 104 Å². The highest BCUT2D eigenvalue weighted by Gasteiger charge is 2.49. The minimum Gasteiger partial charge on any atom is -0.481 e. The van der Waals surface area contributed by atoms with Crippen LogP contribution in [-0.2, 0) is 16.6 Å². The van der Waals surface area contributed by atoms with Crippen LogP contribution in [0.5, 0.6) is 0 Å². The monoisotopic (exact) mass is 365 g/mol. The predicted octanol–water partition coefficient (Wildman–Crippen LogP) is 2.52. The number of nitrogens with two attached hydrogens (primary N) is 1. The number of hydrogen-bond donors (Lipinski definition) is 4. The Kier molecular flexibility index (Phi) is 5.17. The minimum atomic E-state index is -1.35. The molecule has 7 heteroatoms. The lowest BCUT2D eigenvalue weighted by Gasteiger charge is -2.29. The van der Waals surface area contributed by atoms with Gasteiger partial charge in [-0.1, -0.05) is 24.1 Å². The second kappa shape index (κ2) is 6.91. The van der Waals surface area contributed by atoms with Gasteiger partial charge in [-0.15, -0.1) is 0 Å². The number of aliphatic carboxylic acids is 1. The average Bonchev–Trinajstić information content (AvgIpc) is 3.33. The van der Waals surface area contributed by atoms with Crippen molar-refractivity contribution >= 4 is 24.7 Å². The third-order valence-electron chi connectivity index (χ3n) is 6.01. The van der Waals surface area contributed by atoms with Crippen molar-refractivity contribution < 1.29 is 19.9 Å². The smallest absolute Gasteiger partial charge is 0.451 e. The van der Waals surface area contributed by atoms with Crippen LogP contribution >= 0.6 is 11.6 Å². The molecule has 25 heavy (non-hydrogen) atoms. The van der Waals surface area contributed by atoms with Gasteiger partial charge in [0.1, 0.15) is 0 Å². The summed E-state index contributed by atoms with van der Waals surface area (Å²) in [6.45, 7) is 1.77. The van der Waals surface area contributed by atoms with E-state index >= 15 is 0 Å². The maximum atomic E-state index is 12.1. The first-order valence-electron chi connectivity index (χ1n) is 8.93. The molecule has 2 aliphatic rings.